The van der Waals surface area contributed by atoms with Gasteiger partial charge in [0, 0.05) is 29.3 Å². The Kier molecular flexibility index (Phi) is 4.58. The largest absolute Gasteiger partial charge is 0.466 e. The van der Waals surface area contributed by atoms with E-state index in [0.717, 1.165) is 36.2 Å². The average Bonchev–Trinajstić information content (AvgIpc) is 2.52. The van der Waals surface area contributed by atoms with Gasteiger partial charge >= 0.3 is 5.97 Å². The standard InChI is InChI=1S/C20H29NO3/c1-12-16(19(23)24-4)17(13-8-6-5-7-9-13)18-14(21-12)10-20(2,3)11-15(18)22/h13,17,21H,5-11H2,1-4H3/t17-/m0/s1. The van der Waals surface area contributed by atoms with Crippen molar-refractivity contribution in [1.82, 2.24) is 5.32 Å². The number of allylic oxidation sites excluding steroid dienone is 3. The van der Waals surface area contributed by atoms with Crippen molar-refractivity contribution in [2.24, 2.45) is 17.3 Å². The number of nitrogens with one attached hydrogen (secondary N) is 1. The molecule has 1 aliphatic heterocycles. The predicted octanol–water partition coefficient (Wildman–Crippen LogP) is 3.88. The summed E-state index contributed by atoms with van der Waals surface area (Å²) < 4.78 is 5.07. The number of methoxy groups -OCH3 is 1. The second kappa shape index (κ2) is 6.38. The lowest BCUT2D eigenvalue weighted by molar-refractivity contribution is -0.137. The zero-order chi connectivity index (χ0) is 17.5. The molecule has 0 unspecified atom stereocenters. The van der Waals surface area contributed by atoms with Crippen molar-refractivity contribution in [2.45, 2.75) is 65.7 Å². The van der Waals surface area contributed by atoms with Crippen LogP contribution in [0.25, 0.3) is 0 Å². The van der Waals surface area contributed by atoms with E-state index in [-0.39, 0.29) is 23.1 Å². The van der Waals surface area contributed by atoms with E-state index in [4.69, 9.17) is 4.74 Å². The third kappa shape index (κ3) is 3.03. The Morgan fingerprint density at radius 2 is 1.83 bits per heavy atom. The molecule has 0 saturated heterocycles. The first-order chi connectivity index (χ1) is 11.3. The molecule has 4 nitrogen and oxygen atoms in total. The van der Waals surface area contributed by atoms with Crippen LogP contribution < -0.4 is 5.32 Å². The quantitative estimate of drug-likeness (QED) is 0.780. The summed E-state index contributed by atoms with van der Waals surface area (Å²) in [6.45, 7) is 6.22. The fraction of sp³-hybridized carbons (Fsp3) is 0.700. The maximum Gasteiger partial charge on any atom is 0.336 e. The first-order valence-electron chi connectivity index (χ1n) is 9.16. The Hall–Kier alpha value is -1.58. The highest BCUT2D eigenvalue weighted by atomic mass is 16.5. The van der Waals surface area contributed by atoms with E-state index < -0.39 is 0 Å². The first-order valence-corrected chi connectivity index (χ1v) is 9.16. The summed E-state index contributed by atoms with van der Waals surface area (Å²) in [6.07, 6.45) is 7.23. The van der Waals surface area contributed by atoms with Crippen LogP contribution in [-0.2, 0) is 14.3 Å². The lowest BCUT2D eigenvalue weighted by Crippen LogP contribution is -2.42. The van der Waals surface area contributed by atoms with E-state index in [1.165, 1.54) is 26.4 Å². The third-order valence-corrected chi connectivity index (χ3v) is 5.81. The van der Waals surface area contributed by atoms with Gasteiger partial charge in [0.1, 0.15) is 0 Å². The molecule has 0 radical (unpaired) electrons. The van der Waals surface area contributed by atoms with Crippen LogP contribution in [-0.4, -0.2) is 18.9 Å². The SMILES string of the molecule is COC(=O)C1=C(C)NC2=C(C(=O)CC(C)(C)C2)[C@H]1C1CCCCC1. The van der Waals surface area contributed by atoms with Gasteiger partial charge in [-0.2, -0.15) is 0 Å². The molecular weight excluding hydrogens is 302 g/mol. The number of carbonyl (C=O) groups excluding carboxylic acids is 2. The van der Waals surface area contributed by atoms with Gasteiger partial charge in [-0.1, -0.05) is 33.1 Å². The number of hydrogen-bond donors (Lipinski definition) is 1. The number of rotatable bonds is 2. The second-order valence-electron chi connectivity index (χ2n) is 8.36. The number of ketones is 1. The molecule has 0 amide bonds. The van der Waals surface area contributed by atoms with Crippen molar-refractivity contribution < 1.29 is 14.3 Å². The minimum atomic E-state index is -0.292. The summed E-state index contributed by atoms with van der Waals surface area (Å²) in [7, 11) is 1.43. The minimum absolute atomic E-state index is 0.0247. The van der Waals surface area contributed by atoms with Crippen LogP contribution in [0.5, 0.6) is 0 Å². The minimum Gasteiger partial charge on any atom is -0.466 e. The zero-order valence-corrected chi connectivity index (χ0v) is 15.3. The summed E-state index contributed by atoms with van der Waals surface area (Å²) >= 11 is 0. The summed E-state index contributed by atoms with van der Waals surface area (Å²) in [6, 6.07) is 0. The van der Waals surface area contributed by atoms with Crippen molar-refractivity contribution in [3.8, 4) is 0 Å². The molecule has 1 atom stereocenters. The van der Waals surface area contributed by atoms with Crippen LogP contribution in [0.1, 0.15) is 65.7 Å². The van der Waals surface area contributed by atoms with Crippen LogP contribution in [0.4, 0.5) is 0 Å². The smallest absolute Gasteiger partial charge is 0.336 e. The molecular formula is C20H29NO3. The van der Waals surface area contributed by atoms with Gasteiger partial charge in [0.15, 0.2) is 5.78 Å². The normalized spacial score (nSPS) is 27.7. The van der Waals surface area contributed by atoms with Crippen LogP contribution in [0.2, 0.25) is 0 Å². The Morgan fingerprint density at radius 3 is 2.46 bits per heavy atom. The zero-order valence-electron chi connectivity index (χ0n) is 15.3. The molecule has 2 aliphatic carbocycles. The molecule has 0 aromatic heterocycles. The van der Waals surface area contributed by atoms with Gasteiger partial charge in [-0.25, -0.2) is 4.79 Å². The highest BCUT2D eigenvalue weighted by molar-refractivity contribution is 6.02. The maximum atomic E-state index is 13.0. The number of dihydropyridines is 1. The predicted molar refractivity (Wildman–Crippen MR) is 93.0 cm³/mol. The molecule has 1 N–H and O–H groups in total. The van der Waals surface area contributed by atoms with Gasteiger partial charge in [0.25, 0.3) is 0 Å². The molecule has 3 rings (SSSR count). The van der Waals surface area contributed by atoms with Gasteiger partial charge in [0.2, 0.25) is 0 Å². The first kappa shape index (κ1) is 17.2. The monoisotopic (exact) mass is 331 g/mol. The molecule has 4 heteroatoms. The van der Waals surface area contributed by atoms with Crippen LogP contribution in [0, 0.1) is 17.3 Å². The summed E-state index contributed by atoms with van der Waals surface area (Å²) in [5.74, 6) is 0.204. The van der Waals surface area contributed by atoms with E-state index in [2.05, 4.69) is 19.2 Å². The van der Waals surface area contributed by atoms with Gasteiger partial charge < -0.3 is 10.1 Å². The highest BCUT2D eigenvalue weighted by Gasteiger charge is 2.45. The maximum absolute atomic E-state index is 13.0. The molecule has 1 heterocycles. The highest BCUT2D eigenvalue weighted by Crippen LogP contribution is 2.48. The summed E-state index contributed by atoms with van der Waals surface area (Å²) in [4.78, 5) is 25.5. The molecule has 0 bridgehead atoms. The lowest BCUT2D eigenvalue weighted by atomic mass is 9.65. The third-order valence-electron chi connectivity index (χ3n) is 5.81. The molecule has 0 aromatic rings. The molecule has 0 aromatic carbocycles. The fourth-order valence-corrected chi connectivity index (χ4v) is 4.81. The molecule has 1 saturated carbocycles. The molecule has 0 spiro atoms. The van der Waals surface area contributed by atoms with Gasteiger partial charge in [-0.15, -0.1) is 0 Å². The Balaban J connectivity index is 2.07. The second-order valence-corrected chi connectivity index (χ2v) is 8.36. The Bertz CT molecular complexity index is 621. The van der Waals surface area contributed by atoms with E-state index >= 15 is 0 Å². The number of ether oxygens (including phenoxy) is 1. The van der Waals surface area contributed by atoms with Gasteiger partial charge in [0.05, 0.1) is 12.7 Å². The van der Waals surface area contributed by atoms with E-state index in [1.54, 1.807) is 0 Å². The fourth-order valence-electron chi connectivity index (χ4n) is 4.81. The van der Waals surface area contributed by atoms with E-state index in [0.29, 0.717) is 17.9 Å². The number of hydrogen-bond acceptors (Lipinski definition) is 4. The van der Waals surface area contributed by atoms with Crippen molar-refractivity contribution in [1.29, 1.82) is 0 Å². The number of carbonyl (C=O) groups is 2. The summed E-state index contributed by atoms with van der Waals surface area (Å²) in [5, 5.41) is 3.38. The molecule has 132 valence electrons. The van der Waals surface area contributed by atoms with Crippen LogP contribution in [0.15, 0.2) is 22.5 Å². The van der Waals surface area contributed by atoms with Gasteiger partial charge in [-0.05, 0) is 37.5 Å². The summed E-state index contributed by atoms with van der Waals surface area (Å²) in [5.41, 5.74) is 3.42. The van der Waals surface area contributed by atoms with Gasteiger partial charge in [-0.3, -0.25) is 4.79 Å². The Labute approximate surface area is 144 Å². The van der Waals surface area contributed by atoms with Crippen molar-refractivity contribution in [3.63, 3.8) is 0 Å². The van der Waals surface area contributed by atoms with Crippen LogP contribution >= 0.6 is 0 Å². The molecule has 3 aliphatic rings. The number of esters is 1. The van der Waals surface area contributed by atoms with Crippen molar-refractivity contribution in [3.05, 3.63) is 22.5 Å². The van der Waals surface area contributed by atoms with Crippen molar-refractivity contribution >= 4 is 11.8 Å². The van der Waals surface area contributed by atoms with E-state index in [1.807, 2.05) is 6.92 Å². The molecule has 24 heavy (non-hydrogen) atoms. The van der Waals surface area contributed by atoms with E-state index in [9.17, 15) is 9.59 Å². The molecule has 1 fully saturated rings. The average molecular weight is 331 g/mol. The van der Waals surface area contributed by atoms with Crippen LogP contribution in [0.3, 0.4) is 0 Å². The number of Topliss-reactive ketones (excluding diaryl/α,β-unsaturated/α-hetero) is 1. The lowest BCUT2D eigenvalue weighted by Gasteiger charge is -2.42. The topological polar surface area (TPSA) is 55.4 Å². The Morgan fingerprint density at radius 1 is 1.17 bits per heavy atom. The van der Waals surface area contributed by atoms with Crippen molar-refractivity contribution in [2.75, 3.05) is 7.11 Å².